The number of hydrogen-bond donors (Lipinski definition) is 1. The zero-order chi connectivity index (χ0) is 16.8. The molecule has 2 rings (SSSR count). The lowest BCUT2D eigenvalue weighted by Gasteiger charge is -2.14. The molecule has 1 atom stereocenters. The quantitative estimate of drug-likeness (QED) is 0.861. The second-order valence-corrected chi connectivity index (χ2v) is 5.08. The van der Waals surface area contributed by atoms with E-state index in [1.54, 1.807) is 37.4 Å². The predicted molar refractivity (Wildman–Crippen MR) is 87.7 cm³/mol. The van der Waals surface area contributed by atoms with Crippen LogP contribution in [0.2, 0.25) is 0 Å². The highest BCUT2D eigenvalue weighted by atomic mass is 16.5. The zero-order valence-corrected chi connectivity index (χ0v) is 13.3. The van der Waals surface area contributed by atoms with Crippen molar-refractivity contribution in [1.29, 1.82) is 0 Å². The number of aryl methyl sites for hydroxylation is 1. The number of para-hydroxylation sites is 1. The number of hydrogen-bond acceptors (Lipinski definition) is 4. The van der Waals surface area contributed by atoms with Gasteiger partial charge in [-0.2, -0.15) is 0 Å². The Morgan fingerprint density at radius 3 is 2.30 bits per heavy atom. The lowest BCUT2D eigenvalue weighted by Crippen LogP contribution is -2.30. The van der Waals surface area contributed by atoms with Gasteiger partial charge in [0.1, 0.15) is 5.75 Å². The highest BCUT2D eigenvalue weighted by Gasteiger charge is 2.19. The Morgan fingerprint density at radius 2 is 1.70 bits per heavy atom. The number of methoxy groups -OCH3 is 1. The van der Waals surface area contributed by atoms with Gasteiger partial charge < -0.3 is 14.8 Å². The van der Waals surface area contributed by atoms with E-state index >= 15 is 0 Å². The van der Waals surface area contributed by atoms with Gasteiger partial charge in [0.25, 0.3) is 5.91 Å². The predicted octanol–water partition coefficient (Wildman–Crippen LogP) is 3.19. The Hall–Kier alpha value is -2.82. The van der Waals surface area contributed by atoms with Crippen LogP contribution in [-0.2, 0) is 9.53 Å². The lowest BCUT2D eigenvalue weighted by molar-refractivity contribution is -0.123. The molecule has 0 fully saturated rings. The van der Waals surface area contributed by atoms with Crippen LogP contribution in [0, 0.1) is 6.92 Å². The largest absolute Gasteiger partial charge is 0.497 e. The van der Waals surface area contributed by atoms with E-state index in [4.69, 9.17) is 9.47 Å². The molecule has 0 aliphatic carbocycles. The van der Waals surface area contributed by atoms with Crippen LogP contribution in [0.15, 0.2) is 48.5 Å². The van der Waals surface area contributed by atoms with Gasteiger partial charge >= 0.3 is 5.97 Å². The summed E-state index contributed by atoms with van der Waals surface area (Å²) in [7, 11) is 1.55. The zero-order valence-electron chi connectivity index (χ0n) is 13.3. The van der Waals surface area contributed by atoms with Gasteiger partial charge in [-0.05, 0) is 49.7 Å². The Balaban J connectivity index is 1.97. The lowest BCUT2D eigenvalue weighted by atomic mass is 10.2. The van der Waals surface area contributed by atoms with Crippen molar-refractivity contribution in [1.82, 2.24) is 0 Å². The summed E-state index contributed by atoms with van der Waals surface area (Å²) in [5.74, 6) is -0.284. The minimum Gasteiger partial charge on any atom is -0.497 e. The fraction of sp³-hybridized carbons (Fsp3) is 0.222. The molecule has 1 amide bonds. The number of carbonyl (C=O) groups excluding carboxylic acids is 2. The van der Waals surface area contributed by atoms with Crippen LogP contribution < -0.4 is 10.1 Å². The number of esters is 1. The van der Waals surface area contributed by atoms with Crippen LogP contribution in [0.1, 0.15) is 22.8 Å². The molecule has 5 nitrogen and oxygen atoms in total. The number of ether oxygens (including phenoxy) is 2. The van der Waals surface area contributed by atoms with Crippen LogP contribution in [0.3, 0.4) is 0 Å². The average molecular weight is 313 g/mol. The molecule has 0 saturated carbocycles. The third kappa shape index (κ3) is 4.32. The van der Waals surface area contributed by atoms with E-state index in [9.17, 15) is 9.59 Å². The molecular formula is C18H19NO4. The van der Waals surface area contributed by atoms with Crippen molar-refractivity contribution >= 4 is 17.6 Å². The van der Waals surface area contributed by atoms with Crippen molar-refractivity contribution in [3.8, 4) is 5.75 Å². The summed E-state index contributed by atoms with van der Waals surface area (Å²) in [6.45, 7) is 3.43. The van der Waals surface area contributed by atoms with Gasteiger partial charge in [-0.15, -0.1) is 0 Å². The van der Waals surface area contributed by atoms with Gasteiger partial charge in [0, 0.05) is 5.69 Å². The topological polar surface area (TPSA) is 64.6 Å². The number of anilines is 1. The third-order valence-electron chi connectivity index (χ3n) is 3.38. The van der Waals surface area contributed by atoms with Crippen LogP contribution in [0.4, 0.5) is 5.69 Å². The molecule has 0 spiro atoms. The maximum atomic E-state index is 12.1. The molecule has 23 heavy (non-hydrogen) atoms. The number of rotatable bonds is 5. The first kappa shape index (κ1) is 16.5. The highest BCUT2D eigenvalue weighted by molar-refractivity contribution is 5.97. The third-order valence-corrected chi connectivity index (χ3v) is 3.38. The van der Waals surface area contributed by atoms with Crippen molar-refractivity contribution in [3.05, 3.63) is 59.7 Å². The Labute approximate surface area is 135 Å². The summed E-state index contributed by atoms with van der Waals surface area (Å²) in [5, 5.41) is 2.75. The Kier molecular flexibility index (Phi) is 5.36. The smallest absolute Gasteiger partial charge is 0.338 e. The molecule has 0 radical (unpaired) electrons. The van der Waals surface area contributed by atoms with E-state index in [1.165, 1.54) is 6.92 Å². The van der Waals surface area contributed by atoms with Gasteiger partial charge in [-0.25, -0.2) is 4.79 Å². The fourth-order valence-electron chi connectivity index (χ4n) is 1.96. The van der Waals surface area contributed by atoms with E-state index in [2.05, 4.69) is 5.32 Å². The summed E-state index contributed by atoms with van der Waals surface area (Å²) < 4.78 is 10.2. The summed E-state index contributed by atoms with van der Waals surface area (Å²) in [6.07, 6.45) is -0.899. The number of benzene rings is 2. The van der Waals surface area contributed by atoms with Crippen molar-refractivity contribution in [2.75, 3.05) is 12.4 Å². The normalized spacial score (nSPS) is 11.4. The Bertz CT molecular complexity index is 694. The van der Waals surface area contributed by atoms with Crippen molar-refractivity contribution < 1.29 is 19.1 Å². The molecule has 2 aromatic carbocycles. The minimum absolute atomic E-state index is 0.362. The summed E-state index contributed by atoms with van der Waals surface area (Å²) >= 11 is 0. The molecule has 0 aromatic heterocycles. The molecule has 1 N–H and O–H groups in total. The highest BCUT2D eigenvalue weighted by Crippen LogP contribution is 2.15. The molecule has 2 aromatic rings. The molecule has 120 valence electrons. The van der Waals surface area contributed by atoms with Crippen molar-refractivity contribution in [2.24, 2.45) is 0 Å². The molecule has 0 unspecified atom stereocenters. The van der Waals surface area contributed by atoms with Crippen LogP contribution >= 0.6 is 0 Å². The van der Waals surface area contributed by atoms with E-state index in [0.29, 0.717) is 17.0 Å². The SMILES string of the molecule is COc1ccc(C(=O)O[C@H](C)C(=O)Nc2ccccc2C)cc1. The van der Waals surface area contributed by atoms with Crippen LogP contribution in [0.5, 0.6) is 5.75 Å². The van der Waals surface area contributed by atoms with E-state index in [0.717, 1.165) is 5.56 Å². The second kappa shape index (κ2) is 7.45. The average Bonchev–Trinajstić information content (AvgIpc) is 2.56. The monoisotopic (exact) mass is 313 g/mol. The Morgan fingerprint density at radius 1 is 1.04 bits per heavy atom. The minimum atomic E-state index is -0.899. The molecule has 0 aliphatic rings. The molecule has 0 saturated heterocycles. The molecule has 0 heterocycles. The molecular weight excluding hydrogens is 294 g/mol. The number of amides is 1. The van der Waals surface area contributed by atoms with Crippen LogP contribution in [-0.4, -0.2) is 25.1 Å². The van der Waals surface area contributed by atoms with Crippen molar-refractivity contribution in [3.63, 3.8) is 0 Å². The molecule has 0 aliphatic heterocycles. The maximum absolute atomic E-state index is 12.1. The maximum Gasteiger partial charge on any atom is 0.338 e. The van der Waals surface area contributed by atoms with E-state index < -0.39 is 12.1 Å². The van der Waals surface area contributed by atoms with Gasteiger partial charge in [-0.3, -0.25) is 4.79 Å². The molecule has 5 heteroatoms. The summed E-state index contributed by atoms with van der Waals surface area (Å²) in [4.78, 5) is 24.2. The van der Waals surface area contributed by atoms with Crippen LogP contribution in [0.25, 0.3) is 0 Å². The van der Waals surface area contributed by atoms with Gasteiger partial charge in [-0.1, -0.05) is 18.2 Å². The number of nitrogens with one attached hydrogen (secondary N) is 1. The van der Waals surface area contributed by atoms with E-state index in [-0.39, 0.29) is 5.91 Å². The second-order valence-electron chi connectivity index (χ2n) is 5.08. The summed E-state index contributed by atoms with van der Waals surface area (Å²) in [6, 6.07) is 13.9. The molecule has 0 bridgehead atoms. The van der Waals surface area contributed by atoms with Crippen molar-refractivity contribution in [2.45, 2.75) is 20.0 Å². The standard InChI is InChI=1S/C18H19NO4/c1-12-6-4-5-7-16(12)19-17(20)13(2)23-18(21)14-8-10-15(22-3)11-9-14/h4-11,13H,1-3H3,(H,19,20)/t13-/m1/s1. The fourth-order valence-corrected chi connectivity index (χ4v) is 1.96. The van der Waals surface area contributed by atoms with E-state index in [1.807, 2.05) is 25.1 Å². The first-order valence-electron chi connectivity index (χ1n) is 7.23. The summed E-state index contributed by atoms with van der Waals surface area (Å²) in [5.41, 5.74) is 2.00. The van der Waals surface area contributed by atoms with Gasteiger partial charge in [0.15, 0.2) is 6.10 Å². The first-order chi connectivity index (χ1) is 11.0. The number of carbonyl (C=O) groups is 2. The van der Waals surface area contributed by atoms with Gasteiger partial charge in [0.05, 0.1) is 12.7 Å². The first-order valence-corrected chi connectivity index (χ1v) is 7.23. The van der Waals surface area contributed by atoms with Gasteiger partial charge in [0.2, 0.25) is 0 Å².